The Balaban J connectivity index is 1.68. The SMILES string of the molecule is CN=C(NCCc1ccccc1F)NCC1CCN(CC(F)(F)F)C1. The van der Waals surface area contributed by atoms with Crippen molar-refractivity contribution in [2.75, 3.05) is 39.8 Å². The number of aliphatic imine (C=N–C) groups is 1. The van der Waals surface area contributed by atoms with Crippen molar-refractivity contribution in [2.45, 2.75) is 19.0 Å². The Hall–Kier alpha value is -1.83. The van der Waals surface area contributed by atoms with Gasteiger partial charge in [0, 0.05) is 26.7 Å². The minimum Gasteiger partial charge on any atom is -0.356 e. The minimum atomic E-state index is -4.15. The fourth-order valence-corrected chi connectivity index (χ4v) is 2.95. The highest BCUT2D eigenvalue weighted by molar-refractivity contribution is 5.79. The maximum Gasteiger partial charge on any atom is 0.401 e. The van der Waals surface area contributed by atoms with Gasteiger partial charge in [0.25, 0.3) is 0 Å². The summed E-state index contributed by atoms with van der Waals surface area (Å²) in [5, 5.41) is 6.23. The number of guanidine groups is 1. The summed E-state index contributed by atoms with van der Waals surface area (Å²) in [6.45, 7) is 1.13. The smallest absolute Gasteiger partial charge is 0.356 e. The Kier molecular flexibility index (Phi) is 7.04. The number of rotatable bonds is 6. The summed E-state index contributed by atoms with van der Waals surface area (Å²) in [6, 6.07) is 6.60. The molecule has 1 saturated heterocycles. The van der Waals surface area contributed by atoms with Gasteiger partial charge in [-0.1, -0.05) is 18.2 Å². The van der Waals surface area contributed by atoms with Crippen LogP contribution >= 0.6 is 0 Å². The summed E-state index contributed by atoms with van der Waals surface area (Å²) in [6.07, 6.45) is -2.89. The molecule has 4 nitrogen and oxygen atoms in total. The predicted octanol–water partition coefficient (Wildman–Crippen LogP) is 2.42. The Labute approximate surface area is 145 Å². The zero-order valence-electron chi connectivity index (χ0n) is 14.2. The average Bonchev–Trinajstić information content (AvgIpc) is 2.97. The molecule has 0 aliphatic carbocycles. The number of nitrogens with one attached hydrogen (secondary N) is 2. The highest BCUT2D eigenvalue weighted by Crippen LogP contribution is 2.22. The normalized spacial score (nSPS) is 19.2. The summed E-state index contributed by atoms with van der Waals surface area (Å²) in [4.78, 5) is 5.52. The second-order valence-corrected chi connectivity index (χ2v) is 6.23. The van der Waals surface area contributed by atoms with Crippen molar-refractivity contribution in [3.8, 4) is 0 Å². The van der Waals surface area contributed by atoms with Gasteiger partial charge in [-0.15, -0.1) is 0 Å². The van der Waals surface area contributed by atoms with Crippen LogP contribution in [0.1, 0.15) is 12.0 Å². The van der Waals surface area contributed by atoms with Gasteiger partial charge in [-0.3, -0.25) is 9.89 Å². The third kappa shape index (κ3) is 6.89. The highest BCUT2D eigenvalue weighted by atomic mass is 19.4. The van der Waals surface area contributed by atoms with Gasteiger partial charge < -0.3 is 10.6 Å². The molecule has 0 saturated carbocycles. The highest BCUT2D eigenvalue weighted by Gasteiger charge is 2.34. The molecule has 1 aromatic rings. The van der Waals surface area contributed by atoms with Crippen LogP contribution in [0.5, 0.6) is 0 Å². The first-order chi connectivity index (χ1) is 11.9. The molecule has 2 N–H and O–H groups in total. The Morgan fingerprint density at radius 2 is 2.04 bits per heavy atom. The Morgan fingerprint density at radius 3 is 2.72 bits per heavy atom. The average molecular weight is 360 g/mol. The Bertz CT molecular complexity index is 574. The van der Waals surface area contributed by atoms with Crippen LogP contribution in [0.2, 0.25) is 0 Å². The molecule has 1 aliphatic rings. The summed E-state index contributed by atoms with van der Waals surface area (Å²) < 4.78 is 50.7. The van der Waals surface area contributed by atoms with Crippen LogP contribution in [0.15, 0.2) is 29.3 Å². The quantitative estimate of drug-likeness (QED) is 0.465. The number of alkyl halides is 3. The monoisotopic (exact) mass is 360 g/mol. The standard InChI is InChI=1S/C17H24F4N4/c1-22-16(23-8-6-14-4-2-3-5-15(14)18)24-10-13-7-9-25(11-13)12-17(19,20)21/h2-5,13H,6-12H2,1H3,(H2,22,23,24). The van der Waals surface area contributed by atoms with E-state index in [1.165, 1.54) is 11.0 Å². The zero-order chi connectivity index (χ0) is 18.3. The van der Waals surface area contributed by atoms with Crippen LogP contribution in [-0.2, 0) is 6.42 Å². The zero-order valence-corrected chi connectivity index (χ0v) is 14.2. The van der Waals surface area contributed by atoms with Crippen molar-refractivity contribution in [1.29, 1.82) is 0 Å². The van der Waals surface area contributed by atoms with Crippen LogP contribution in [0.25, 0.3) is 0 Å². The van der Waals surface area contributed by atoms with E-state index >= 15 is 0 Å². The van der Waals surface area contributed by atoms with E-state index in [0.717, 1.165) is 6.42 Å². The van der Waals surface area contributed by atoms with Crippen LogP contribution in [0.3, 0.4) is 0 Å². The lowest BCUT2D eigenvalue weighted by Gasteiger charge is -2.18. The Morgan fingerprint density at radius 1 is 1.28 bits per heavy atom. The molecule has 0 aromatic heterocycles. The maximum absolute atomic E-state index is 13.5. The van der Waals surface area contributed by atoms with Crippen molar-refractivity contribution in [3.63, 3.8) is 0 Å². The first kappa shape index (κ1) is 19.5. The largest absolute Gasteiger partial charge is 0.401 e. The molecule has 1 unspecified atom stereocenters. The van der Waals surface area contributed by atoms with Gasteiger partial charge in [0.05, 0.1) is 6.54 Å². The molecular weight excluding hydrogens is 336 g/mol. The van der Waals surface area contributed by atoms with Gasteiger partial charge in [0.1, 0.15) is 5.82 Å². The number of halogens is 4. The number of hydrogen-bond acceptors (Lipinski definition) is 2. The predicted molar refractivity (Wildman–Crippen MR) is 90.1 cm³/mol. The molecule has 1 atom stereocenters. The van der Waals surface area contributed by atoms with Crippen LogP contribution in [0, 0.1) is 11.7 Å². The lowest BCUT2D eigenvalue weighted by Crippen LogP contribution is -2.41. The van der Waals surface area contributed by atoms with Crippen molar-refractivity contribution in [3.05, 3.63) is 35.6 Å². The molecule has 0 amide bonds. The number of hydrogen-bond donors (Lipinski definition) is 2. The van der Waals surface area contributed by atoms with Gasteiger partial charge in [0.2, 0.25) is 0 Å². The molecule has 1 fully saturated rings. The van der Waals surface area contributed by atoms with Crippen molar-refractivity contribution < 1.29 is 17.6 Å². The summed E-state index contributed by atoms with van der Waals surface area (Å²) in [5.74, 6) is 0.501. The fourth-order valence-electron chi connectivity index (χ4n) is 2.95. The summed E-state index contributed by atoms with van der Waals surface area (Å²) >= 11 is 0. The van der Waals surface area contributed by atoms with Gasteiger partial charge >= 0.3 is 6.18 Å². The van der Waals surface area contributed by atoms with Crippen molar-refractivity contribution in [2.24, 2.45) is 10.9 Å². The molecule has 1 heterocycles. The van der Waals surface area contributed by atoms with Gasteiger partial charge in [-0.2, -0.15) is 13.2 Å². The first-order valence-corrected chi connectivity index (χ1v) is 8.34. The molecule has 0 bridgehead atoms. The van der Waals surface area contributed by atoms with E-state index < -0.39 is 12.7 Å². The van der Waals surface area contributed by atoms with Crippen LogP contribution < -0.4 is 10.6 Å². The maximum atomic E-state index is 13.5. The van der Waals surface area contributed by atoms with Gasteiger partial charge in [-0.05, 0) is 36.9 Å². The van der Waals surface area contributed by atoms with Gasteiger partial charge in [-0.25, -0.2) is 4.39 Å². The molecule has 25 heavy (non-hydrogen) atoms. The van der Waals surface area contributed by atoms with E-state index in [1.54, 1.807) is 25.2 Å². The van der Waals surface area contributed by atoms with Crippen LogP contribution in [-0.4, -0.2) is 56.8 Å². The molecule has 1 aromatic carbocycles. The van der Waals surface area contributed by atoms with E-state index in [9.17, 15) is 17.6 Å². The third-order valence-corrected chi connectivity index (χ3v) is 4.20. The molecule has 0 radical (unpaired) electrons. The second kappa shape index (κ2) is 9.03. The summed E-state index contributed by atoms with van der Waals surface area (Å²) in [5.41, 5.74) is 0.629. The fraction of sp³-hybridized carbons (Fsp3) is 0.588. The molecule has 140 valence electrons. The minimum absolute atomic E-state index is 0.160. The molecule has 0 spiro atoms. The third-order valence-electron chi connectivity index (χ3n) is 4.20. The molecule has 2 rings (SSSR count). The van der Waals surface area contributed by atoms with Crippen LogP contribution in [0.4, 0.5) is 17.6 Å². The lowest BCUT2D eigenvalue weighted by atomic mass is 10.1. The van der Waals surface area contributed by atoms with E-state index in [-0.39, 0.29) is 11.7 Å². The number of benzene rings is 1. The second-order valence-electron chi connectivity index (χ2n) is 6.23. The number of nitrogens with zero attached hydrogens (tertiary/aromatic N) is 2. The van der Waals surface area contributed by atoms with E-state index in [1.807, 2.05) is 0 Å². The van der Waals surface area contributed by atoms with Crippen molar-refractivity contribution >= 4 is 5.96 Å². The van der Waals surface area contributed by atoms with Gasteiger partial charge in [0.15, 0.2) is 5.96 Å². The van der Waals surface area contributed by atoms with E-state index in [0.29, 0.717) is 44.1 Å². The molecule has 1 aliphatic heterocycles. The molecular formula is C17H24F4N4. The summed E-state index contributed by atoms with van der Waals surface area (Å²) in [7, 11) is 1.63. The lowest BCUT2D eigenvalue weighted by molar-refractivity contribution is -0.143. The molecule has 8 heteroatoms. The van der Waals surface area contributed by atoms with Crippen molar-refractivity contribution in [1.82, 2.24) is 15.5 Å². The van der Waals surface area contributed by atoms with E-state index in [4.69, 9.17) is 0 Å². The number of likely N-dealkylation sites (tertiary alicyclic amines) is 1. The first-order valence-electron chi connectivity index (χ1n) is 8.34. The van der Waals surface area contributed by atoms with E-state index in [2.05, 4.69) is 15.6 Å². The topological polar surface area (TPSA) is 39.7 Å².